The largest absolute Gasteiger partial charge is 0.350 e. The van der Waals surface area contributed by atoms with Crippen LogP contribution in [0.3, 0.4) is 0 Å². The first kappa shape index (κ1) is 16.2. The first-order chi connectivity index (χ1) is 12.2. The van der Waals surface area contributed by atoms with Crippen molar-refractivity contribution in [3.05, 3.63) is 94.8 Å². The van der Waals surface area contributed by atoms with E-state index < -0.39 is 0 Å². The fourth-order valence-corrected chi connectivity index (χ4v) is 3.87. The van der Waals surface area contributed by atoms with Crippen molar-refractivity contribution in [2.75, 3.05) is 6.54 Å². The highest BCUT2D eigenvalue weighted by molar-refractivity contribution is 5.32. The second-order valence-corrected chi connectivity index (χ2v) is 7.25. The first-order valence-corrected chi connectivity index (χ1v) is 9.22. The van der Waals surface area contributed by atoms with Crippen LogP contribution in [-0.2, 0) is 13.1 Å². The third-order valence-electron chi connectivity index (χ3n) is 5.25. The second-order valence-electron chi connectivity index (χ2n) is 7.25. The smallest absolute Gasteiger partial charge is 0.0759 e. The molecular weight excluding hydrogens is 304 g/mol. The molecule has 0 aliphatic carbocycles. The van der Waals surface area contributed by atoms with Gasteiger partial charge >= 0.3 is 0 Å². The lowest BCUT2D eigenvalue weighted by Gasteiger charge is -2.31. The molecule has 0 saturated heterocycles. The van der Waals surface area contributed by atoms with Crippen LogP contribution >= 0.6 is 0 Å². The molecule has 2 aromatic carbocycles. The SMILES string of the molecule is Cc1ccc(CN2CCCn3cccc3C2c2ccc(C)cc2)cc1. The number of aryl methyl sites for hydroxylation is 3. The minimum Gasteiger partial charge on any atom is -0.350 e. The average Bonchev–Trinajstić information content (AvgIpc) is 3.00. The van der Waals surface area contributed by atoms with Crippen LogP contribution in [0.25, 0.3) is 0 Å². The summed E-state index contributed by atoms with van der Waals surface area (Å²) in [7, 11) is 0. The molecule has 0 N–H and O–H groups in total. The van der Waals surface area contributed by atoms with Gasteiger partial charge < -0.3 is 4.57 Å². The van der Waals surface area contributed by atoms with E-state index in [4.69, 9.17) is 0 Å². The van der Waals surface area contributed by atoms with Crippen molar-refractivity contribution in [2.45, 2.75) is 39.4 Å². The number of hydrogen-bond donors (Lipinski definition) is 0. The Morgan fingerprint density at radius 3 is 2.24 bits per heavy atom. The van der Waals surface area contributed by atoms with Crippen LogP contribution in [0.1, 0.15) is 40.4 Å². The van der Waals surface area contributed by atoms with E-state index in [1.54, 1.807) is 0 Å². The Kier molecular flexibility index (Phi) is 4.46. The lowest BCUT2D eigenvalue weighted by atomic mass is 10.00. The normalized spacial score (nSPS) is 17.9. The van der Waals surface area contributed by atoms with Gasteiger partial charge in [0.25, 0.3) is 0 Å². The summed E-state index contributed by atoms with van der Waals surface area (Å²) in [6, 6.07) is 22.8. The maximum atomic E-state index is 2.63. The van der Waals surface area contributed by atoms with Crippen LogP contribution in [0.5, 0.6) is 0 Å². The molecule has 25 heavy (non-hydrogen) atoms. The predicted octanol–water partition coefficient (Wildman–Crippen LogP) is 5.10. The summed E-state index contributed by atoms with van der Waals surface area (Å²) in [6.45, 7) is 7.52. The Hall–Kier alpha value is -2.32. The molecular formula is C23H26N2. The van der Waals surface area contributed by atoms with Crippen molar-refractivity contribution in [3.63, 3.8) is 0 Å². The summed E-state index contributed by atoms with van der Waals surface area (Å²) < 4.78 is 2.43. The van der Waals surface area contributed by atoms with Gasteiger partial charge in [-0.05, 0) is 43.5 Å². The average molecular weight is 330 g/mol. The van der Waals surface area contributed by atoms with Crippen LogP contribution in [-0.4, -0.2) is 16.0 Å². The summed E-state index contributed by atoms with van der Waals surface area (Å²) >= 11 is 0. The lowest BCUT2D eigenvalue weighted by Crippen LogP contribution is -2.29. The van der Waals surface area contributed by atoms with Gasteiger partial charge in [-0.3, -0.25) is 4.90 Å². The Balaban J connectivity index is 1.72. The monoisotopic (exact) mass is 330 g/mol. The highest BCUT2D eigenvalue weighted by Gasteiger charge is 2.27. The molecule has 0 bridgehead atoms. The van der Waals surface area contributed by atoms with Crippen LogP contribution in [0, 0.1) is 13.8 Å². The highest BCUT2D eigenvalue weighted by atomic mass is 15.2. The third kappa shape index (κ3) is 3.40. The Labute approximate surface area is 150 Å². The molecule has 0 radical (unpaired) electrons. The van der Waals surface area contributed by atoms with Gasteiger partial charge in [-0.25, -0.2) is 0 Å². The van der Waals surface area contributed by atoms with E-state index in [1.165, 1.54) is 34.4 Å². The number of rotatable bonds is 3. The van der Waals surface area contributed by atoms with Gasteiger partial charge in [-0.1, -0.05) is 59.7 Å². The number of fused-ring (bicyclic) bond motifs is 1. The molecule has 3 aromatic rings. The first-order valence-electron chi connectivity index (χ1n) is 9.22. The molecule has 0 fully saturated rings. The molecule has 0 spiro atoms. The molecule has 1 atom stereocenters. The lowest BCUT2D eigenvalue weighted by molar-refractivity contribution is 0.220. The van der Waals surface area contributed by atoms with E-state index >= 15 is 0 Å². The quantitative estimate of drug-likeness (QED) is 0.648. The van der Waals surface area contributed by atoms with Gasteiger partial charge in [-0.15, -0.1) is 0 Å². The maximum absolute atomic E-state index is 2.63. The van der Waals surface area contributed by atoms with Crippen molar-refractivity contribution < 1.29 is 0 Å². The number of benzene rings is 2. The molecule has 4 rings (SSSR count). The van der Waals surface area contributed by atoms with Crippen LogP contribution < -0.4 is 0 Å². The van der Waals surface area contributed by atoms with Gasteiger partial charge in [0, 0.05) is 31.5 Å². The number of aromatic nitrogens is 1. The van der Waals surface area contributed by atoms with E-state index in [9.17, 15) is 0 Å². The Morgan fingerprint density at radius 1 is 0.840 bits per heavy atom. The van der Waals surface area contributed by atoms with Crippen molar-refractivity contribution in [1.82, 2.24) is 9.47 Å². The van der Waals surface area contributed by atoms with Crippen LogP contribution in [0.15, 0.2) is 66.9 Å². The molecule has 2 heteroatoms. The molecule has 2 nitrogen and oxygen atoms in total. The summed E-state index contributed by atoms with van der Waals surface area (Å²) in [5.41, 5.74) is 6.83. The Bertz CT molecular complexity index is 827. The number of hydrogen-bond acceptors (Lipinski definition) is 1. The molecule has 128 valence electrons. The van der Waals surface area contributed by atoms with E-state index in [2.05, 4.69) is 90.2 Å². The highest BCUT2D eigenvalue weighted by Crippen LogP contribution is 2.33. The Morgan fingerprint density at radius 2 is 1.52 bits per heavy atom. The molecule has 1 aromatic heterocycles. The zero-order chi connectivity index (χ0) is 17.2. The van der Waals surface area contributed by atoms with Crippen molar-refractivity contribution in [3.8, 4) is 0 Å². The standard InChI is InChI=1S/C23H26N2/c1-18-6-10-20(11-7-18)17-25-16-4-15-24-14-3-5-22(24)23(25)21-12-8-19(2)9-13-21/h3,5-14,23H,4,15-17H2,1-2H3. The van der Waals surface area contributed by atoms with Crippen molar-refractivity contribution in [1.29, 1.82) is 0 Å². The van der Waals surface area contributed by atoms with Gasteiger partial charge in [0.2, 0.25) is 0 Å². The fourth-order valence-electron chi connectivity index (χ4n) is 3.87. The molecule has 1 aliphatic heterocycles. The minimum absolute atomic E-state index is 0.319. The summed E-state index contributed by atoms with van der Waals surface area (Å²) in [5.74, 6) is 0. The third-order valence-corrected chi connectivity index (χ3v) is 5.25. The predicted molar refractivity (Wildman–Crippen MR) is 104 cm³/mol. The van der Waals surface area contributed by atoms with E-state index in [1.807, 2.05) is 0 Å². The van der Waals surface area contributed by atoms with Crippen LogP contribution in [0.2, 0.25) is 0 Å². The van der Waals surface area contributed by atoms with Gasteiger partial charge in [-0.2, -0.15) is 0 Å². The molecule has 1 aliphatic rings. The number of nitrogens with zero attached hydrogens (tertiary/aromatic N) is 2. The topological polar surface area (TPSA) is 8.17 Å². The minimum atomic E-state index is 0.319. The van der Waals surface area contributed by atoms with E-state index in [0.29, 0.717) is 6.04 Å². The van der Waals surface area contributed by atoms with Gasteiger partial charge in [0.1, 0.15) is 0 Å². The van der Waals surface area contributed by atoms with Crippen LogP contribution in [0.4, 0.5) is 0 Å². The van der Waals surface area contributed by atoms with E-state index in [0.717, 1.165) is 19.6 Å². The molecule has 0 saturated carbocycles. The van der Waals surface area contributed by atoms with E-state index in [-0.39, 0.29) is 0 Å². The maximum Gasteiger partial charge on any atom is 0.0759 e. The second kappa shape index (κ2) is 6.89. The zero-order valence-corrected chi connectivity index (χ0v) is 15.2. The van der Waals surface area contributed by atoms with Gasteiger partial charge in [0.15, 0.2) is 0 Å². The summed E-state index contributed by atoms with van der Waals surface area (Å²) in [4.78, 5) is 2.63. The van der Waals surface area contributed by atoms with Crippen molar-refractivity contribution >= 4 is 0 Å². The zero-order valence-electron chi connectivity index (χ0n) is 15.2. The van der Waals surface area contributed by atoms with Crippen molar-refractivity contribution in [2.24, 2.45) is 0 Å². The summed E-state index contributed by atoms with van der Waals surface area (Å²) in [5, 5.41) is 0. The molecule has 0 amide bonds. The summed E-state index contributed by atoms with van der Waals surface area (Å²) in [6.07, 6.45) is 3.42. The fraction of sp³-hybridized carbons (Fsp3) is 0.304. The van der Waals surface area contributed by atoms with Gasteiger partial charge in [0.05, 0.1) is 6.04 Å². The molecule has 2 heterocycles. The molecule has 1 unspecified atom stereocenters.